The zero-order valence-corrected chi connectivity index (χ0v) is 9.57. The molecule has 0 saturated heterocycles. The van der Waals surface area contributed by atoms with Gasteiger partial charge in [-0.25, -0.2) is 0 Å². The average molecular weight is 208 g/mol. The predicted octanol–water partition coefficient (Wildman–Crippen LogP) is 2.05. The molecule has 0 bridgehead atoms. The van der Waals surface area contributed by atoms with E-state index in [-0.39, 0.29) is 12.0 Å². The molecule has 0 aromatic carbocycles. The van der Waals surface area contributed by atoms with E-state index in [4.69, 9.17) is 4.74 Å². The van der Waals surface area contributed by atoms with E-state index in [2.05, 4.69) is 11.6 Å². The van der Waals surface area contributed by atoms with E-state index < -0.39 is 0 Å². The summed E-state index contributed by atoms with van der Waals surface area (Å²) in [6.07, 6.45) is 1.89. The molecule has 0 aromatic rings. The minimum Gasteiger partial charge on any atom is -0.407 e. The maximum atomic E-state index is 10.8. The summed E-state index contributed by atoms with van der Waals surface area (Å²) in [4.78, 5) is 16.9. The SMILES string of the molecule is C=C1N=C(OC(C)=O)C(C)=CN1C(C)C. The summed E-state index contributed by atoms with van der Waals surface area (Å²) >= 11 is 0. The van der Waals surface area contributed by atoms with Gasteiger partial charge in [-0.05, 0) is 20.8 Å². The zero-order valence-electron chi connectivity index (χ0n) is 9.57. The lowest BCUT2D eigenvalue weighted by Crippen LogP contribution is -2.29. The molecule has 0 saturated carbocycles. The normalized spacial score (nSPS) is 16.3. The second kappa shape index (κ2) is 4.29. The Bertz CT molecular complexity index is 354. The Morgan fingerprint density at radius 2 is 2.20 bits per heavy atom. The fourth-order valence-corrected chi connectivity index (χ4v) is 1.29. The maximum absolute atomic E-state index is 10.8. The van der Waals surface area contributed by atoms with Gasteiger partial charge in [-0.1, -0.05) is 6.58 Å². The molecule has 4 nitrogen and oxygen atoms in total. The number of aliphatic imine (C=N–C) groups is 1. The van der Waals surface area contributed by atoms with Crippen LogP contribution in [0.5, 0.6) is 0 Å². The average Bonchev–Trinajstić information content (AvgIpc) is 2.09. The molecule has 15 heavy (non-hydrogen) atoms. The molecule has 0 amide bonds. The van der Waals surface area contributed by atoms with E-state index in [0.717, 1.165) is 5.57 Å². The number of esters is 1. The van der Waals surface area contributed by atoms with Crippen LogP contribution in [0.3, 0.4) is 0 Å². The van der Waals surface area contributed by atoms with Crippen molar-refractivity contribution in [3.63, 3.8) is 0 Å². The Morgan fingerprint density at radius 1 is 1.60 bits per heavy atom. The minimum atomic E-state index is -0.368. The standard InChI is InChI=1S/C11H16N2O2/c1-7(2)13-6-8(3)11(12-9(13)4)15-10(5)14/h6-7H,4H2,1-3,5H3. The quantitative estimate of drug-likeness (QED) is 0.619. The van der Waals surface area contributed by atoms with Gasteiger partial charge in [-0.2, -0.15) is 4.99 Å². The number of rotatable bonds is 1. The van der Waals surface area contributed by atoms with Crippen molar-refractivity contribution >= 4 is 11.9 Å². The first-order valence-electron chi connectivity index (χ1n) is 4.85. The first-order valence-corrected chi connectivity index (χ1v) is 4.85. The van der Waals surface area contributed by atoms with Crippen molar-refractivity contribution in [2.24, 2.45) is 4.99 Å². The lowest BCUT2D eigenvalue weighted by molar-refractivity contribution is -0.133. The van der Waals surface area contributed by atoms with Crippen molar-refractivity contribution in [2.75, 3.05) is 0 Å². The second-order valence-corrected chi connectivity index (χ2v) is 3.74. The van der Waals surface area contributed by atoms with Crippen molar-refractivity contribution in [2.45, 2.75) is 33.7 Å². The van der Waals surface area contributed by atoms with E-state index >= 15 is 0 Å². The van der Waals surface area contributed by atoms with Gasteiger partial charge in [0.15, 0.2) is 0 Å². The molecule has 0 aromatic heterocycles. The van der Waals surface area contributed by atoms with Crippen LogP contribution in [0.2, 0.25) is 0 Å². The second-order valence-electron chi connectivity index (χ2n) is 3.74. The van der Waals surface area contributed by atoms with Crippen molar-refractivity contribution in [1.29, 1.82) is 0 Å². The lowest BCUT2D eigenvalue weighted by atomic mass is 10.2. The van der Waals surface area contributed by atoms with Crippen molar-refractivity contribution < 1.29 is 9.53 Å². The van der Waals surface area contributed by atoms with E-state index in [9.17, 15) is 4.79 Å². The third kappa shape index (κ3) is 2.68. The first kappa shape index (κ1) is 11.5. The van der Waals surface area contributed by atoms with E-state index in [0.29, 0.717) is 11.7 Å². The molecule has 0 fully saturated rings. The molecule has 1 rings (SSSR count). The van der Waals surface area contributed by atoms with Gasteiger partial charge in [0, 0.05) is 24.7 Å². The molecule has 1 aliphatic heterocycles. The van der Waals surface area contributed by atoms with Crippen LogP contribution in [0.4, 0.5) is 0 Å². The van der Waals surface area contributed by atoms with Crippen LogP contribution in [0.25, 0.3) is 0 Å². The van der Waals surface area contributed by atoms with Gasteiger partial charge >= 0.3 is 5.97 Å². The summed E-state index contributed by atoms with van der Waals surface area (Å²) in [5.74, 6) is 0.559. The van der Waals surface area contributed by atoms with Gasteiger partial charge in [0.2, 0.25) is 5.90 Å². The summed E-state index contributed by atoms with van der Waals surface area (Å²) in [6.45, 7) is 11.1. The molecule has 0 spiro atoms. The lowest BCUT2D eigenvalue weighted by Gasteiger charge is -2.28. The third-order valence-electron chi connectivity index (χ3n) is 2.00. The Morgan fingerprint density at radius 3 is 2.67 bits per heavy atom. The van der Waals surface area contributed by atoms with E-state index in [1.807, 2.05) is 31.9 Å². The van der Waals surface area contributed by atoms with Crippen molar-refractivity contribution in [3.05, 3.63) is 24.2 Å². The Balaban J connectivity index is 2.89. The number of hydrogen-bond donors (Lipinski definition) is 0. The highest BCUT2D eigenvalue weighted by atomic mass is 16.5. The molecule has 0 unspecified atom stereocenters. The number of carbonyl (C=O) groups excluding carboxylic acids is 1. The van der Waals surface area contributed by atoms with Crippen molar-refractivity contribution in [3.8, 4) is 0 Å². The summed E-state index contributed by atoms with van der Waals surface area (Å²) < 4.78 is 4.96. The number of nitrogens with zero attached hydrogens (tertiary/aromatic N) is 2. The Kier molecular flexibility index (Phi) is 3.29. The molecule has 0 atom stereocenters. The van der Waals surface area contributed by atoms with Crippen LogP contribution in [0.15, 0.2) is 29.2 Å². The predicted molar refractivity (Wildman–Crippen MR) is 59.1 cm³/mol. The van der Waals surface area contributed by atoms with Crippen molar-refractivity contribution in [1.82, 2.24) is 4.90 Å². The molecule has 82 valence electrons. The monoisotopic (exact) mass is 208 g/mol. The highest BCUT2D eigenvalue weighted by Gasteiger charge is 2.19. The molecule has 0 radical (unpaired) electrons. The largest absolute Gasteiger partial charge is 0.407 e. The van der Waals surface area contributed by atoms with Gasteiger partial charge < -0.3 is 9.64 Å². The van der Waals surface area contributed by atoms with Gasteiger partial charge in [0.25, 0.3) is 0 Å². The summed E-state index contributed by atoms with van der Waals surface area (Å²) in [7, 11) is 0. The molecule has 0 aliphatic carbocycles. The zero-order chi connectivity index (χ0) is 11.6. The van der Waals surface area contributed by atoms with Gasteiger partial charge in [-0.15, -0.1) is 0 Å². The van der Waals surface area contributed by atoms with E-state index in [1.54, 1.807) is 0 Å². The fraction of sp³-hybridized carbons (Fsp3) is 0.455. The molecule has 4 heteroatoms. The van der Waals surface area contributed by atoms with Crippen LogP contribution in [-0.4, -0.2) is 22.8 Å². The summed E-state index contributed by atoms with van der Waals surface area (Å²) in [6, 6.07) is 0.287. The molecule has 1 aliphatic rings. The molecular weight excluding hydrogens is 192 g/mol. The first-order chi connectivity index (χ1) is 6.91. The number of ether oxygens (including phenoxy) is 1. The minimum absolute atomic E-state index is 0.287. The van der Waals surface area contributed by atoms with E-state index in [1.165, 1.54) is 6.92 Å². The van der Waals surface area contributed by atoms with Crippen LogP contribution in [-0.2, 0) is 9.53 Å². The third-order valence-corrected chi connectivity index (χ3v) is 2.00. The van der Waals surface area contributed by atoms with Crippen LogP contribution in [0.1, 0.15) is 27.7 Å². The Labute approximate surface area is 89.9 Å². The van der Waals surface area contributed by atoms with Crippen LogP contribution in [0, 0.1) is 0 Å². The van der Waals surface area contributed by atoms with Crippen LogP contribution >= 0.6 is 0 Å². The fourth-order valence-electron chi connectivity index (χ4n) is 1.29. The summed E-state index contributed by atoms with van der Waals surface area (Å²) in [5, 5.41) is 0. The van der Waals surface area contributed by atoms with Gasteiger partial charge in [0.05, 0.1) is 0 Å². The van der Waals surface area contributed by atoms with Crippen LogP contribution < -0.4 is 0 Å². The molecular formula is C11H16N2O2. The molecule has 1 heterocycles. The van der Waals surface area contributed by atoms with Gasteiger partial charge in [0.1, 0.15) is 5.82 Å². The topological polar surface area (TPSA) is 41.9 Å². The van der Waals surface area contributed by atoms with Gasteiger partial charge in [-0.3, -0.25) is 4.79 Å². The highest BCUT2D eigenvalue weighted by Crippen LogP contribution is 2.19. The number of carbonyl (C=O) groups is 1. The Hall–Kier alpha value is -1.58. The number of hydrogen-bond acceptors (Lipinski definition) is 4. The highest BCUT2D eigenvalue weighted by molar-refractivity contribution is 6.00. The summed E-state index contributed by atoms with van der Waals surface area (Å²) in [5.41, 5.74) is 0.825. The smallest absolute Gasteiger partial charge is 0.309 e. The maximum Gasteiger partial charge on any atom is 0.309 e. The molecule has 0 N–H and O–H groups in total.